The van der Waals surface area contributed by atoms with Crippen LogP contribution in [0.2, 0.25) is 0 Å². The van der Waals surface area contributed by atoms with E-state index in [-0.39, 0.29) is 18.1 Å². The van der Waals surface area contributed by atoms with Gasteiger partial charge in [0.15, 0.2) is 0 Å². The lowest BCUT2D eigenvalue weighted by atomic mass is 10.1. The maximum absolute atomic E-state index is 12.5. The Morgan fingerprint density at radius 1 is 1.33 bits per heavy atom. The monoisotopic (exact) mass is 344 g/mol. The van der Waals surface area contributed by atoms with Crippen molar-refractivity contribution in [2.75, 3.05) is 25.0 Å². The summed E-state index contributed by atoms with van der Waals surface area (Å²) in [6.45, 7) is 3.91. The van der Waals surface area contributed by atoms with Crippen molar-refractivity contribution in [3.63, 3.8) is 0 Å². The molecule has 2 aromatic rings. The molecule has 2 aromatic heterocycles. The van der Waals surface area contributed by atoms with Crippen molar-refractivity contribution >= 4 is 23.2 Å². The number of rotatable bonds is 4. The van der Waals surface area contributed by atoms with E-state index >= 15 is 0 Å². The zero-order chi connectivity index (χ0) is 16.9. The van der Waals surface area contributed by atoms with Crippen LogP contribution in [0.25, 0.3) is 0 Å². The first-order valence-electron chi connectivity index (χ1n) is 8.38. The van der Waals surface area contributed by atoms with Gasteiger partial charge in [0.1, 0.15) is 5.82 Å². The number of anilines is 1. The smallest absolute Gasteiger partial charge is 0.317 e. The summed E-state index contributed by atoms with van der Waals surface area (Å²) < 4.78 is 0. The van der Waals surface area contributed by atoms with E-state index in [1.807, 2.05) is 42.9 Å². The lowest BCUT2D eigenvalue weighted by Gasteiger charge is -2.34. The van der Waals surface area contributed by atoms with E-state index in [1.54, 1.807) is 16.2 Å². The van der Waals surface area contributed by atoms with Crippen LogP contribution in [-0.4, -0.2) is 42.1 Å². The molecule has 3 heterocycles. The second-order valence-electron chi connectivity index (χ2n) is 6.20. The van der Waals surface area contributed by atoms with Crippen LogP contribution in [-0.2, 0) is 0 Å². The molecular weight excluding hydrogens is 320 g/mol. The van der Waals surface area contributed by atoms with Gasteiger partial charge in [-0.05, 0) is 43.3 Å². The van der Waals surface area contributed by atoms with E-state index in [4.69, 9.17) is 0 Å². The summed E-state index contributed by atoms with van der Waals surface area (Å²) >= 11 is 1.69. The van der Waals surface area contributed by atoms with Crippen molar-refractivity contribution in [2.24, 2.45) is 0 Å². The predicted molar refractivity (Wildman–Crippen MR) is 98.5 cm³/mol. The maximum Gasteiger partial charge on any atom is 0.317 e. The molecule has 5 nitrogen and oxygen atoms in total. The first-order chi connectivity index (χ1) is 11.6. The third-order valence-corrected chi connectivity index (χ3v) is 5.69. The molecule has 1 atom stereocenters. The Hall–Kier alpha value is -2.08. The average Bonchev–Trinajstić information content (AvgIpc) is 3.16. The largest absolute Gasteiger partial charge is 0.356 e. The van der Waals surface area contributed by atoms with E-state index in [0.29, 0.717) is 0 Å². The highest BCUT2D eigenvalue weighted by Gasteiger charge is 2.24. The van der Waals surface area contributed by atoms with Gasteiger partial charge < -0.3 is 15.1 Å². The van der Waals surface area contributed by atoms with E-state index in [2.05, 4.69) is 28.2 Å². The topological polar surface area (TPSA) is 48.5 Å². The molecule has 0 aromatic carbocycles. The summed E-state index contributed by atoms with van der Waals surface area (Å²) in [5.41, 5.74) is 0. The minimum atomic E-state index is 0.00665. The number of hydrogen-bond donors (Lipinski definition) is 1. The number of urea groups is 1. The third-order valence-electron chi connectivity index (χ3n) is 4.65. The first kappa shape index (κ1) is 16.8. The Morgan fingerprint density at radius 2 is 2.12 bits per heavy atom. The number of carbonyl (C=O) groups excluding carboxylic acids is 1. The lowest BCUT2D eigenvalue weighted by molar-refractivity contribution is 0.189. The SMILES string of the molecule is CC(c1cccs1)N(C)C(=O)NC1CCN(c2ccccn2)CC1. The van der Waals surface area contributed by atoms with Crippen LogP contribution in [0.1, 0.15) is 30.7 Å². The Morgan fingerprint density at radius 3 is 2.75 bits per heavy atom. The second kappa shape index (κ2) is 7.66. The summed E-state index contributed by atoms with van der Waals surface area (Å²) in [5, 5.41) is 5.22. The van der Waals surface area contributed by atoms with Crippen molar-refractivity contribution in [3.8, 4) is 0 Å². The normalized spacial score (nSPS) is 16.7. The maximum atomic E-state index is 12.5. The number of nitrogens with zero attached hydrogens (tertiary/aromatic N) is 3. The fourth-order valence-corrected chi connectivity index (χ4v) is 3.79. The van der Waals surface area contributed by atoms with Crippen LogP contribution in [0.5, 0.6) is 0 Å². The average molecular weight is 344 g/mol. The van der Waals surface area contributed by atoms with Crippen LogP contribution >= 0.6 is 11.3 Å². The predicted octanol–water partition coefficient (Wildman–Crippen LogP) is 3.51. The lowest BCUT2D eigenvalue weighted by Crippen LogP contribution is -2.48. The highest BCUT2D eigenvalue weighted by atomic mass is 32.1. The van der Waals surface area contributed by atoms with Crippen LogP contribution in [0.15, 0.2) is 41.9 Å². The fraction of sp³-hybridized carbons (Fsp3) is 0.444. The number of nitrogens with one attached hydrogen (secondary N) is 1. The summed E-state index contributed by atoms with van der Waals surface area (Å²) in [5.74, 6) is 1.02. The Kier molecular flexibility index (Phi) is 5.35. The number of aromatic nitrogens is 1. The minimum absolute atomic E-state index is 0.00665. The van der Waals surface area contributed by atoms with Gasteiger partial charge in [0, 0.05) is 37.3 Å². The van der Waals surface area contributed by atoms with Gasteiger partial charge in [0.25, 0.3) is 0 Å². The van der Waals surface area contributed by atoms with Crippen LogP contribution in [0.3, 0.4) is 0 Å². The molecule has 0 spiro atoms. The quantitative estimate of drug-likeness (QED) is 0.923. The van der Waals surface area contributed by atoms with Gasteiger partial charge in [-0.2, -0.15) is 0 Å². The Balaban J connectivity index is 1.49. The molecule has 24 heavy (non-hydrogen) atoms. The molecule has 1 unspecified atom stereocenters. The van der Waals surface area contributed by atoms with Gasteiger partial charge in [0.2, 0.25) is 0 Å². The van der Waals surface area contributed by atoms with Crippen LogP contribution in [0, 0.1) is 0 Å². The van der Waals surface area contributed by atoms with Crippen molar-refractivity contribution in [3.05, 3.63) is 46.8 Å². The molecule has 3 rings (SSSR count). The second-order valence-corrected chi connectivity index (χ2v) is 7.18. The molecule has 1 aliphatic heterocycles. The molecule has 0 saturated carbocycles. The van der Waals surface area contributed by atoms with E-state index in [0.717, 1.165) is 31.7 Å². The standard InChI is InChI=1S/C18H24N4OS/c1-14(16-6-5-13-24-16)21(2)18(23)20-15-8-11-22(12-9-15)17-7-3-4-10-19-17/h3-7,10,13-15H,8-9,11-12H2,1-2H3,(H,20,23). The van der Waals surface area contributed by atoms with Crippen LogP contribution in [0.4, 0.5) is 10.6 Å². The number of piperidine rings is 1. The molecule has 0 radical (unpaired) electrons. The fourth-order valence-electron chi connectivity index (χ4n) is 2.97. The minimum Gasteiger partial charge on any atom is -0.356 e. The van der Waals surface area contributed by atoms with Gasteiger partial charge in [-0.1, -0.05) is 12.1 Å². The van der Waals surface area contributed by atoms with E-state index in [1.165, 1.54) is 4.88 Å². The molecule has 1 saturated heterocycles. The summed E-state index contributed by atoms with van der Waals surface area (Å²) in [6, 6.07) is 10.4. The molecule has 0 aliphatic carbocycles. The van der Waals surface area contributed by atoms with Gasteiger partial charge in [-0.3, -0.25) is 0 Å². The van der Waals surface area contributed by atoms with Gasteiger partial charge >= 0.3 is 6.03 Å². The Bertz CT molecular complexity index is 638. The molecule has 128 valence electrons. The number of carbonyl (C=O) groups is 1. The third kappa shape index (κ3) is 3.87. The summed E-state index contributed by atoms with van der Waals surface area (Å²) in [6.07, 6.45) is 3.72. The van der Waals surface area contributed by atoms with Crippen molar-refractivity contribution < 1.29 is 4.79 Å². The van der Waals surface area contributed by atoms with Crippen molar-refractivity contribution in [2.45, 2.75) is 31.8 Å². The number of thiophene rings is 1. The van der Waals surface area contributed by atoms with Crippen molar-refractivity contribution in [1.29, 1.82) is 0 Å². The highest BCUT2D eigenvalue weighted by Crippen LogP contribution is 2.24. The number of hydrogen-bond acceptors (Lipinski definition) is 4. The molecular formula is C18H24N4OS. The van der Waals surface area contributed by atoms with Crippen molar-refractivity contribution in [1.82, 2.24) is 15.2 Å². The van der Waals surface area contributed by atoms with Gasteiger partial charge in [-0.25, -0.2) is 9.78 Å². The number of pyridine rings is 1. The first-order valence-corrected chi connectivity index (χ1v) is 9.26. The van der Waals surface area contributed by atoms with E-state index in [9.17, 15) is 4.79 Å². The molecule has 6 heteroatoms. The number of amides is 2. The molecule has 1 fully saturated rings. The van der Waals surface area contributed by atoms with Crippen LogP contribution < -0.4 is 10.2 Å². The summed E-state index contributed by atoms with van der Waals surface area (Å²) in [7, 11) is 1.86. The zero-order valence-corrected chi connectivity index (χ0v) is 15.0. The van der Waals surface area contributed by atoms with Gasteiger partial charge in [0.05, 0.1) is 6.04 Å². The molecule has 1 aliphatic rings. The Labute approximate surface area is 147 Å². The molecule has 0 bridgehead atoms. The van der Waals surface area contributed by atoms with Gasteiger partial charge in [-0.15, -0.1) is 11.3 Å². The summed E-state index contributed by atoms with van der Waals surface area (Å²) in [4.78, 5) is 22.2. The molecule has 2 amide bonds. The zero-order valence-electron chi connectivity index (χ0n) is 14.2. The molecule has 1 N–H and O–H groups in total. The van der Waals surface area contributed by atoms with E-state index < -0.39 is 0 Å². The highest BCUT2D eigenvalue weighted by molar-refractivity contribution is 7.10.